The van der Waals surface area contributed by atoms with E-state index in [1.165, 1.54) is 6.07 Å². The summed E-state index contributed by atoms with van der Waals surface area (Å²) in [6.07, 6.45) is -0.866. The molecule has 33 heavy (non-hydrogen) atoms. The Morgan fingerprint density at radius 3 is 2.36 bits per heavy atom. The fourth-order valence-electron chi connectivity index (χ4n) is 4.96. The Hall–Kier alpha value is -2.18. The van der Waals surface area contributed by atoms with Crippen LogP contribution in [0.3, 0.4) is 0 Å². The molecule has 3 unspecified atom stereocenters. The third kappa shape index (κ3) is 3.71. The van der Waals surface area contributed by atoms with Crippen molar-refractivity contribution in [1.29, 1.82) is 0 Å². The van der Waals surface area contributed by atoms with Gasteiger partial charge in [0.1, 0.15) is 5.60 Å². The number of sulfone groups is 1. The van der Waals surface area contributed by atoms with Crippen LogP contribution in [0, 0.1) is 29.3 Å². The van der Waals surface area contributed by atoms with Crippen LogP contribution >= 0.6 is 11.6 Å². The summed E-state index contributed by atoms with van der Waals surface area (Å²) in [5.74, 6) is -7.45. The van der Waals surface area contributed by atoms with Gasteiger partial charge in [-0.15, -0.1) is 0 Å². The zero-order valence-corrected chi connectivity index (χ0v) is 18.4. The lowest BCUT2D eigenvalue weighted by Gasteiger charge is -2.34. The number of hydrogen-bond donors (Lipinski definition) is 4. The molecule has 0 spiro atoms. The molecule has 0 aromatic heterocycles. The Balaban J connectivity index is 1.67. The van der Waals surface area contributed by atoms with E-state index in [0.29, 0.717) is 18.6 Å². The molecule has 2 bridgehead atoms. The Morgan fingerprint density at radius 1 is 1.15 bits per heavy atom. The molecule has 7 nitrogen and oxygen atoms in total. The largest absolute Gasteiger partial charge is 0.393 e. The van der Waals surface area contributed by atoms with Gasteiger partial charge in [-0.3, -0.25) is 4.79 Å². The molecule has 4 N–H and O–H groups in total. The maximum absolute atomic E-state index is 13.5. The first-order valence-corrected chi connectivity index (χ1v) is 11.8. The number of carbonyl (C=O) groups is 1. The second kappa shape index (κ2) is 8.24. The normalized spacial score (nSPS) is 28.8. The Labute approximate surface area is 191 Å². The predicted octanol–water partition coefficient (Wildman–Crippen LogP) is 2.28. The van der Waals surface area contributed by atoms with Crippen molar-refractivity contribution < 1.29 is 41.7 Å². The highest BCUT2D eigenvalue weighted by molar-refractivity contribution is 7.92. The van der Waals surface area contributed by atoms with Gasteiger partial charge < -0.3 is 20.6 Å². The molecule has 0 heterocycles. The number of amides is 1. The summed E-state index contributed by atoms with van der Waals surface area (Å²) in [7, 11) is -4.28. The van der Waals surface area contributed by atoms with Crippen molar-refractivity contribution in [2.75, 3.05) is 11.9 Å². The van der Waals surface area contributed by atoms with E-state index in [1.807, 2.05) is 0 Å². The lowest BCUT2D eigenvalue weighted by molar-refractivity contribution is -0.133. The van der Waals surface area contributed by atoms with Crippen LogP contribution < -0.4 is 5.32 Å². The molecule has 178 valence electrons. The number of benzene rings is 2. The zero-order valence-electron chi connectivity index (χ0n) is 16.8. The number of aliphatic hydroxyl groups is 3. The number of hydrogen-bond acceptors (Lipinski definition) is 6. The van der Waals surface area contributed by atoms with Crippen molar-refractivity contribution in [2.45, 2.75) is 34.7 Å². The van der Waals surface area contributed by atoms with E-state index in [1.54, 1.807) is 0 Å². The molecule has 2 aromatic carbocycles. The maximum atomic E-state index is 13.5. The number of carbonyl (C=O) groups excluding carboxylic acids is 1. The maximum Gasteiger partial charge on any atom is 0.255 e. The summed E-state index contributed by atoms with van der Waals surface area (Å²) >= 11 is 6.11. The van der Waals surface area contributed by atoms with Crippen molar-refractivity contribution in [1.82, 2.24) is 0 Å². The molecule has 0 saturated heterocycles. The van der Waals surface area contributed by atoms with Gasteiger partial charge in [-0.1, -0.05) is 11.6 Å². The second-order valence-electron chi connectivity index (χ2n) is 8.30. The van der Waals surface area contributed by atoms with Crippen LogP contribution in [-0.2, 0) is 9.84 Å². The predicted molar refractivity (Wildman–Crippen MR) is 111 cm³/mol. The molecule has 4 rings (SSSR count). The minimum absolute atomic E-state index is 0.209. The van der Waals surface area contributed by atoms with Crippen molar-refractivity contribution in [3.8, 4) is 0 Å². The molecule has 2 aliphatic carbocycles. The standard InChI is InChI=1S/C21H19ClF3NO6S/c22-13-4-1-9(20(29)26-10-6-14(23)17(25)15(24)7-10)5-16(13)33(31,32)18-11-2-3-12(18)21(30,8-27)19(11)28/h1,4-7,11-12,18-19,27-28,30H,2-3,8H2,(H,26,29)/t11?,12?,18-,19?,21+/m1/s1. The molecular weight excluding hydrogens is 487 g/mol. The van der Waals surface area contributed by atoms with Crippen LogP contribution in [0.2, 0.25) is 5.02 Å². The number of anilines is 1. The van der Waals surface area contributed by atoms with Gasteiger partial charge >= 0.3 is 0 Å². The van der Waals surface area contributed by atoms with Crippen molar-refractivity contribution >= 4 is 33.0 Å². The molecule has 1 amide bonds. The topological polar surface area (TPSA) is 124 Å². The van der Waals surface area contributed by atoms with E-state index in [0.717, 1.165) is 12.1 Å². The first kappa shape index (κ1) is 24.0. The molecule has 2 aliphatic rings. The molecule has 5 atom stereocenters. The fourth-order valence-corrected chi connectivity index (χ4v) is 7.87. The SMILES string of the molecule is O=C(Nc1cc(F)c(F)c(F)c1)c1ccc(Cl)c(S(=O)(=O)[C@@H]2C3CCC2[C@@](O)(CO)C3O)c1. The van der Waals surface area contributed by atoms with Crippen LogP contribution in [0.1, 0.15) is 23.2 Å². The summed E-state index contributed by atoms with van der Waals surface area (Å²) in [6, 6.07) is 4.45. The van der Waals surface area contributed by atoms with E-state index in [4.69, 9.17) is 11.6 Å². The third-order valence-electron chi connectivity index (χ3n) is 6.54. The molecule has 2 fully saturated rings. The monoisotopic (exact) mass is 505 g/mol. The molecule has 2 aromatic rings. The Morgan fingerprint density at radius 2 is 1.79 bits per heavy atom. The molecular formula is C21H19ClF3NO6S. The third-order valence-corrected chi connectivity index (χ3v) is 9.33. The summed E-state index contributed by atoms with van der Waals surface area (Å²) in [6.45, 7) is -0.817. The second-order valence-corrected chi connectivity index (χ2v) is 10.8. The van der Waals surface area contributed by atoms with Crippen LogP contribution in [0.5, 0.6) is 0 Å². The minimum atomic E-state index is -4.28. The quantitative estimate of drug-likeness (QED) is 0.462. The zero-order chi connectivity index (χ0) is 24.3. The van der Waals surface area contributed by atoms with E-state index < -0.39 is 73.5 Å². The number of rotatable bonds is 5. The summed E-state index contributed by atoms with van der Waals surface area (Å²) in [4.78, 5) is 12.1. The van der Waals surface area contributed by atoms with E-state index in [2.05, 4.69) is 5.32 Å². The van der Waals surface area contributed by atoms with Gasteiger partial charge in [-0.25, -0.2) is 21.6 Å². The van der Waals surface area contributed by atoms with Gasteiger partial charge in [0.2, 0.25) is 0 Å². The molecule has 0 aliphatic heterocycles. The average Bonchev–Trinajstić information content (AvgIpc) is 3.30. The van der Waals surface area contributed by atoms with Gasteiger partial charge in [-0.05, 0) is 31.0 Å². The lowest BCUT2D eigenvalue weighted by atomic mass is 9.82. The Kier molecular flexibility index (Phi) is 5.98. The molecule has 2 saturated carbocycles. The fraction of sp³-hybridized carbons (Fsp3) is 0.381. The van der Waals surface area contributed by atoms with Crippen molar-refractivity contribution in [2.24, 2.45) is 11.8 Å². The molecule has 12 heteroatoms. The number of aliphatic hydroxyl groups excluding tert-OH is 2. The smallest absolute Gasteiger partial charge is 0.255 e. The minimum Gasteiger partial charge on any atom is -0.393 e. The highest BCUT2D eigenvalue weighted by atomic mass is 35.5. The van der Waals surface area contributed by atoms with Gasteiger partial charge in [0, 0.05) is 35.2 Å². The van der Waals surface area contributed by atoms with E-state index >= 15 is 0 Å². The number of nitrogens with one attached hydrogen (secondary N) is 1. The summed E-state index contributed by atoms with van der Waals surface area (Å²) in [5.41, 5.74) is -2.58. The average molecular weight is 506 g/mol. The summed E-state index contributed by atoms with van der Waals surface area (Å²) in [5, 5.41) is 31.3. The molecule has 0 radical (unpaired) electrons. The van der Waals surface area contributed by atoms with Crippen LogP contribution in [0.25, 0.3) is 0 Å². The van der Waals surface area contributed by atoms with Crippen LogP contribution in [-0.4, -0.2) is 53.2 Å². The first-order valence-electron chi connectivity index (χ1n) is 9.92. The van der Waals surface area contributed by atoms with Gasteiger partial charge in [0.05, 0.1) is 27.9 Å². The highest BCUT2D eigenvalue weighted by Crippen LogP contribution is 2.55. The lowest BCUT2D eigenvalue weighted by Crippen LogP contribution is -2.50. The van der Waals surface area contributed by atoms with Crippen molar-refractivity contribution in [3.05, 3.63) is 58.4 Å². The number of halogens is 4. The van der Waals surface area contributed by atoms with Gasteiger partial charge in [0.25, 0.3) is 5.91 Å². The van der Waals surface area contributed by atoms with Crippen molar-refractivity contribution in [3.63, 3.8) is 0 Å². The first-order chi connectivity index (χ1) is 15.4. The van der Waals surface area contributed by atoms with E-state index in [-0.39, 0.29) is 22.7 Å². The van der Waals surface area contributed by atoms with Gasteiger partial charge in [-0.2, -0.15) is 0 Å². The Bertz CT molecular complexity index is 1220. The number of fused-ring (bicyclic) bond motifs is 2. The summed E-state index contributed by atoms with van der Waals surface area (Å²) < 4.78 is 66.9. The van der Waals surface area contributed by atoms with E-state index in [9.17, 15) is 41.7 Å². The van der Waals surface area contributed by atoms with Crippen LogP contribution in [0.4, 0.5) is 18.9 Å². The highest BCUT2D eigenvalue weighted by Gasteiger charge is 2.66. The van der Waals surface area contributed by atoms with Crippen LogP contribution in [0.15, 0.2) is 35.2 Å². The van der Waals surface area contributed by atoms with Gasteiger partial charge in [0.15, 0.2) is 27.3 Å².